The molecule has 0 bridgehead atoms. The molecule has 1 heterocycles. The molecule has 1 aliphatic heterocycles. The Balaban J connectivity index is 1.68. The highest BCUT2D eigenvalue weighted by atomic mass is 35.5. The summed E-state index contributed by atoms with van der Waals surface area (Å²) in [7, 11) is -3.08. The van der Waals surface area contributed by atoms with E-state index in [0.717, 1.165) is 5.56 Å². The van der Waals surface area contributed by atoms with Gasteiger partial charge in [-0.3, -0.25) is 9.59 Å². The molecule has 2 amide bonds. The molecule has 130 valence electrons. The first-order valence-corrected chi connectivity index (χ1v) is 10.0. The van der Waals surface area contributed by atoms with Crippen molar-refractivity contribution < 1.29 is 18.0 Å². The van der Waals surface area contributed by atoms with Gasteiger partial charge < -0.3 is 10.6 Å². The summed E-state index contributed by atoms with van der Waals surface area (Å²) in [6.07, 6.45) is 1.33. The van der Waals surface area contributed by atoms with E-state index in [2.05, 4.69) is 10.6 Å². The van der Waals surface area contributed by atoms with E-state index < -0.39 is 21.3 Å². The monoisotopic (exact) mass is 370 g/mol. The van der Waals surface area contributed by atoms with Crippen LogP contribution in [0.3, 0.4) is 0 Å². The maximum Gasteiger partial charge on any atom is 0.240 e. The SMILES string of the molecule is Cc1c(Cl)cccc1NC(=O)C1(C(=O)NC2CCS(=O)(=O)C2)CC1. The number of carbonyl (C=O) groups excluding carboxylic acids is 2. The zero-order valence-electron chi connectivity index (χ0n) is 13.3. The van der Waals surface area contributed by atoms with Crippen molar-refractivity contribution in [1.82, 2.24) is 5.32 Å². The molecular formula is C16H19ClN2O4S. The molecular weight excluding hydrogens is 352 g/mol. The van der Waals surface area contributed by atoms with E-state index in [0.29, 0.717) is 30.0 Å². The van der Waals surface area contributed by atoms with Gasteiger partial charge in [-0.1, -0.05) is 17.7 Å². The van der Waals surface area contributed by atoms with Gasteiger partial charge in [0.2, 0.25) is 11.8 Å². The molecule has 0 aromatic heterocycles. The topological polar surface area (TPSA) is 92.3 Å². The number of sulfone groups is 1. The molecule has 3 rings (SSSR count). The van der Waals surface area contributed by atoms with Gasteiger partial charge in [-0.2, -0.15) is 0 Å². The Bertz CT molecular complexity index is 802. The molecule has 8 heteroatoms. The quantitative estimate of drug-likeness (QED) is 0.788. The Hall–Kier alpha value is -1.60. The largest absolute Gasteiger partial charge is 0.351 e. The van der Waals surface area contributed by atoms with E-state index in [1.54, 1.807) is 25.1 Å². The van der Waals surface area contributed by atoms with Gasteiger partial charge in [0.25, 0.3) is 0 Å². The fourth-order valence-electron chi connectivity index (χ4n) is 2.90. The van der Waals surface area contributed by atoms with Crippen molar-refractivity contribution in [3.05, 3.63) is 28.8 Å². The normalized spacial score (nSPS) is 23.5. The van der Waals surface area contributed by atoms with E-state index in [4.69, 9.17) is 11.6 Å². The summed E-state index contributed by atoms with van der Waals surface area (Å²) in [4.78, 5) is 25.1. The fraction of sp³-hybridized carbons (Fsp3) is 0.500. The van der Waals surface area contributed by atoms with Gasteiger partial charge in [-0.15, -0.1) is 0 Å². The number of rotatable bonds is 4. The van der Waals surface area contributed by atoms with E-state index >= 15 is 0 Å². The van der Waals surface area contributed by atoms with Crippen molar-refractivity contribution in [1.29, 1.82) is 0 Å². The highest BCUT2D eigenvalue weighted by molar-refractivity contribution is 7.91. The molecule has 1 saturated carbocycles. The minimum atomic E-state index is -3.08. The number of anilines is 1. The molecule has 2 N–H and O–H groups in total. The molecule has 1 aliphatic carbocycles. The zero-order chi connectivity index (χ0) is 17.5. The Morgan fingerprint density at radius 1 is 1.25 bits per heavy atom. The first-order valence-electron chi connectivity index (χ1n) is 7.81. The number of halogens is 1. The van der Waals surface area contributed by atoms with Crippen LogP contribution in [-0.4, -0.2) is 37.8 Å². The summed E-state index contributed by atoms with van der Waals surface area (Å²) >= 11 is 6.04. The Morgan fingerprint density at radius 3 is 2.54 bits per heavy atom. The fourth-order valence-corrected chi connectivity index (χ4v) is 4.75. The van der Waals surface area contributed by atoms with Crippen LogP contribution in [-0.2, 0) is 19.4 Å². The van der Waals surface area contributed by atoms with Crippen LogP contribution in [0.15, 0.2) is 18.2 Å². The van der Waals surface area contributed by atoms with Gasteiger partial charge in [0.1, 0.15) is 5.41 Å². The average molecular weight is 371 g/mol. The Morgan fingerprint density at radius 2 is 1.96 bits per heavy atom. The molecule has 0 spiro atoms. The van der Waals surface area contributed by atoms with Gasteiger partial charge in [-0.25, -0.2) is 8.42 Å². The van der Waals surface area contributed by atoms with Gasteiger partial charge in [-0.05, 0) is 43.9 Å². The van der Waals surface area contributed by atoms with Crippen LogP contribution in [0.1, 0.15) is 24.8 Å². The summed E-state index contributed by atoms with van der Waals surface area (Å²) in [5.74, 6) is -0.726. The number of carbonyl (C=O) groups is 2. The lowest BCUT2D eigenvalue weighted by atomic mass is 10.0. The van der Waals surface area contributed by atoms with Crippen LogP contribution < -0.4 is 10.6 Å². The van der Waals surface area contributed by atoms with Crippen molar-refractivity contribution in [2.45, 2.75) is 32.2 Å². The molecule has 1 saturated heterocycles. The average Bonchev–Trinajstić information content (AvgIpc) is 3.25. The minimum Gasteiger partial charge on any atom is -0.351 e. The van der Waals surface area contributed by atoms with Crippen molar-refractivity contribution >= 4 is 38.9 Å². The Labute approximate surface area is 145 Å². The molecule has 2 fully saturated rings. The number of hydrogen-bond acceptors (Lipinski definition) is 4. The summed E-state index contributed by atoms with van der Waals surface area (Å²) in [6.45, 7) is 1.79. The lowest BCUT2D eigenvalue weighted by Crippen LogP contribution is -2.45. The van der Waals surface area contributed by atoms with E-state index in [1.165, 1.54) is 0 Å². The van der Waals surface area contributed by atoms with E-state index in [-0.39, 0.29) is 23.3 Å². The van der Waals surface area contributed by atoms with Gasteiger partial charge in [0, 0.05) is 16.8 Å². The minimum absolute atomic E-state index is 0.0517. The highest BCUT2D eigenvalue weighted by Gasteiger charge is 2.57. The summed E-state index contributed by atoms with van der Waals surface area (Å²) < 4.78 is 23.0. The first kappa shape index (κ1) is 17.2. The van der Waals surface area contributed by atoms with Gasteiger partial charge in [0.15, 0.2) is 9.84 Å². The van der Waals surface area contributed by atoms with Crippen molar-refractivity contribution in [2.75, 3.05) is 16.8 Å². The third kappa shape index (κ3) is 3.28. The first-order chi connectivity index (χ1) is 11.2. The van der Waals surface area contributed by atoms with Crippen molar-refractivity contribution in [3.63, 3.8) is 0 Å². The molecule has 6 nitrogen and oxygen atoms in total. The lowest BCUT2D eigenvalue weighted by Gasteiger charge is -2.19. The molecule has 1 aromatic carbocycles. The summed E-state index contributed by atoms with van der Waals surface area (Å²) in [5, 5.41) is 6.04. The van der Waals surface area contributed by atoms with Gasteiger partial charge in [0.05, 0.1) is 11.5 Å². The smallest absolute Gasteiger partial charge is 0.240 e. The second kappa shape index (κ2) is 6.04. The molecule has 1 aromatic rings. The van der Waals surface area contributed by atoms with E-state index in [9.17, 15) is 18.0 Å². The maximum absolute atomic E-state index is 12.6. The van der Waals surface area contributed by atoms with Gasteiger partial charge >= 0.3 is 0 Å². The van der Waals surface area contributed by atoms with Crippen LogP contribution in [0.2, 0.25) is 5.02 Å². The third-order valence-corrected chi connectivity index (χ3v) is 6.88. The van der Waals surface area contributed by atoms with Crippen LogP contribution in [0.5, 0.6) is 0 Å². The maximum atomic E-state index is 12.6. The van der Waals surface area contributed by atoms with E-state index in [1.807, 2.05) is 0 Å². The highest BCUT2D eigenvalue weighted by Crippen LogP contribution is 2.47. The molecule has 0 radical (unpaired) electrons. The summed E-state index contributed by atoms with van der Waals surface area (Å²) in [5.41, 5.74) is 0.224. The molecule has 1 atom stereocenters. The standard InChI is InChI=1S/C16H19ClN2O4S/c1-10-12(17)3-2-4-13(10)19-15(21)16(6-7-16)14(20)18-11-5-8-24(22,23)9-11/h2-4,11H,5-9H2,1H3,(H,18,20)(H,19,21). The van der Waals surface area contributed by atoms with Crippen LogP contribution in [0.25, 0.3) is 0 Å². The lowest BCUT2D eigenvalue weighted by molar-refractivity contribution is -0.134. The Kier molecular flexibility index (Phi) is 4.34. The molecule has 24 heavy (non-hydrogen) atoms. The third-order valence-electron chi connectivity index (χ3n) is 4.70. The van der Waals surface area contributed by atoms with Crippen molar-refractivity contribution in [2.24, 2.45) is 5.41 Å². The molecule has 1 unspecified atom stereocenters. The predicted molar refractivity (Wildman–Crippen MR) is 91.7 cm³/mol. The van der Waals surface area contributed by atoms with Crippen molar-refractivity contribution in [3.8, 4) is 0 Å². The molecule has 2 aliphatic rings. The second-order valence-electron chi connectivity index (χ2n) is 6.52. The number of amides is 2. The van der Waals surface area contributed by atoms with Crippen LogP contribution in [0.4, 0.5) is 5.69 Å². The summed E-state index contributed by atoms with van der Waals surface area (Å²) in [6, 6.07) is 4.79. The number of hydrogen-bond donors (Lipinski definition) is 2. The predicted octanol–water partition coefficient (Wildman–Crippen LogP) is 1.67. The second-order valence-corrected chi connectivity index (χ2v) is 9.16. The van der Waals surface area contributed by atoms with Crippen LogP contribution in [0, 0.1) is 12.3 Å². The zero-order valence-corrected chi connectivity index (χ0v) is 14.8. The number of benzene rings is 1. The van der Waals surface area contributed by atoms with Crippen LogP contribution >= 0.6 is 11.6 Å². The number of nitrogens with one attached hydrogen (secondary N) is 2.